The van der Waals surface area contributed by atoms with Gasteiger partial charge in [0.05, 0.1) is 11.6 Å². The Bertz CT molecular complexity index is 587. The summed E-state index contributed by atoms with van der Waals surface area (Å²) in [6, 6.07) is 3.15. The smallest absolute Gasteiger partial charge is 0.226 e. The van der Waals surface area contributed by atoms with Gasteiger partial charge in [0.2, 0.25) is 11.7 Å². The van der Waals surface area contributed by atoms with E-state index in [2.05, 4.69) is 10.1 Å². The van der Waals surface area contributed by atoms with Crippen molar-refractivity contribution in [3.05, 3.63) is 39.5 Å². The Labute approximate surface area is 126 Å². The fraction of sp³-hybridized carbons (Fsp3) is 0.385. The average molecular weight is 317 g/mol. The minimum Gasteiger partial charge on any atom is -0.484 e. The summed E-state index contributed by atoms with van der Waals surface area (Å²) in [6.07, 6.45) is 1.66. The highest BCUT2D eigenvalue weighted by Gasteiger charge is 2.12. The largest absolute Gasteiger partial charge is 0.484 e. The third kappa shape index (κ3) is 3.62. The standard InChI is InChI=1S/C13H14Cl2N2O3/c1-2-3-12-16-11(17-20-12)7-19-13-8(6-18)4-9(14)5-10(13)15/h4-5,18H,2-3,6-7H2,1H3. The fourth-order valence-electron chi connectivity index (χ4n) is 1.69. The van der Waals surface area contributed by atoms with Crippen molar-refractivity contribution in [1.82, 2.24) is 10.1 Å². The number of hydrogen-bond acceptors (Lipinski definition) is 5. The molecule has 7 heteroatoms. The summed E-state index contributed by atoms with van der Waals surface area (Å²) < 4.78 is 10.6. The van der Waals surface area contributed by atoms with E-state index in [9.17, 15) is 5.11 Å². The number of benzene rings is 1. The Morgan fingerprint density at radius 1 is 1.35 bits per heavy atom. The van der Waals surface area contributed by atoms with Crippen LogP contribution in [-0.2, 0) is 19.6 Å². The molecule has 0 saturated carbocycles. The Morgan fingerprint density at radius 3 is 2.85 bits per heavy atom. The van der Waals surface area contributed by atoms with Gasteiger partial charge in [-0.05, 0) is 18.6 Å². The van der Waals surface area contributed by atoms with Gasteiger partial charge in [-0.3, -0.25) is 0 Å². The maximum Gasteiger partial charge on any atom is 0.226 e. The molecule has 0 aliphatic rings. The van der Waals surface area contributed by atoms with Gasteiger partial charge in [0.1, 0.15) is 5.75 Å². The van der Waals surface area contributed by atoms with E-state index < -0.39 is 0 Å². The summed E-state index contributed by atoms with van der Waals surface area (Å²) in [5.41, 5.74) is 0.514. The van der Waals surface area contributed by atoms with Gasteiger partial charge in [0.15, 0.2) is 6.61 Å². The predicted molar refractivity (Wildman–Crippen MR) is 75.0 cm³/mol. The van der Waals surface area contributed by atoms with Crippen molar-refractivity contribution >= 4 is 23.2 Å². The van der Waals surface area contributed by atoms with Crippen LogP contribution in [0.2, 0.25) is 10.0 Å². The summed E-state index contributed by atoms with van der Waals surface area (Å²) in [5.74, 6) is 1.39. The molecule has 0 unspecified atom stereocenters. The van der Waals surface area contributed by atoms with Gasteiger partial charge < -0.3 is 14.4 Å². The molecule has 5 nitrogen and oxygen atoms in total. The quantitative estimate of drug-likeness (QED) is 0.884. The van der Waals surface area contributed by atoms with Gasteiger partial charge in [0, 0.05) is 17.0 Å². The van der Waals surface area contributed by atoms with Crippen LogP contribution in [-0.4, -0.2) is 15.2 Å². The molecule has 2 aromatic rings. The first-order valence-corrected chi connectivity index (χ1v) is 6.92. The van der Waals surface area contributed by atoms with Gasteiger partial charge in [-0.25, -0.2) is 0 Å². The highest BCUT2D eigenvalue weighted by atomic mass is 35.5. The molecule has 0 aliphatic heterocycles. The van der Waals surface area contributed by atoms with Gasteiger partial charge >= 0.3 is 0 Å². The fourth-order valence-corrected chi connectivity index (χ4v) is 2.28. The molecular formula is C13H14Cl2N2O3. The van der Waals surface area contributed by atoms with Crippen molar-refractivity contribution in [2.24, 2.45) is 0 Å². The van der Waals surface area contributed by atoms with Gasteiger partial charge in [0.25, 0.3) is 0 Å². The molecule has 1 heterocycles. The lowest BCUT2D eigenvalue weighted by molar-refractivity contribution is 0.253. The first-order chi connectivity index (χ1) is 9.63. The normalized spacial score (nSPS) is 10.8. The maximum absolute atomic E-state index is 9.29. The van der Waals surface area contributed by atoms with E-state index in [0.29, 0.717) is 33.1 Å². The molecule has 20 heavy (non-hydrogen) atoms. The van der Waals surface area contributed by atoms with Crippen molar-refractivity contribution in [2.45, 2.75) is 33.0 Å². The zero-order chi connectivity index (χ0) is 14.5. The van der Waals surface area contributed by atoms with E-state index in [1.807, 2.05) is 6.92 Å². The highest BCUT2D eigenvalue weighted by Crippen LogP contribution is 2.32. The minimum absolute atomic E-state index is 0.113. The first kappa shape index (κ1) is 15.1. The second-order valence-electron chi connectivity index (χ2n) is 4.18. The number of aryl methyl sites for hydroxylation is 1. The molecule has 0 spiro atoms. The second kappa shape index (κ2) is 6.92. The first-order valence-electron chi connectivity index (χ1n) is 6.17. The van der Waals surface area contributed by atoms with Gasteiger partial charge in [-0.1, -0.05) is 35.3 Å². The van der Waals surface area contributed by atoms with Crippen LogP contribution in [0.15, 0.2) is 16.7 Å². The molecule has 0 aliphatic carbocycles. The minimum atomic E-state index is -0.219. The topological polar surface area (TPSA) is 68.4 Å². The molecule has 0 atom stereocenters. The summed E-state index contributed by atoms with van der Waals surface area (Å²) in [5, 5.41) is 13.9. The van der Waals surface area contributed by atoms with E-state index in [-0.39, 0.29) is 13.2 Å². The Morgan fingerprint density at radius 2 is 2.15 bits per heavy atom. The third-order valence-electron chi connectivity index (χ3n) is 2.58. The number of aromatic nitrogens is 2. The Balaban J connectivity index is 2.10. The number of rotatable bonds is 6. The van der Waals surface area contributed by atoms with E-state index in [4.69, 9.17) is 32.5 Å². The van der Waals surface area contributed by atoms with Crippen LogP contribution in [0.1, 0.15) is 30.6 Å². The third-order valence-corrected chi connectivity index (χ3v) is 3.07. The van der Waals surface area contributed by atoms with E-state index in [0.717, 1.165) is 12.8 Å². The summed E-state index contributed by atoms with van der Waals surface area (Å²) >= 11 is 11.9. The molecule has 1 N–H and O–H groups in total. The summed E-state index contributed by atoms with van der Waals surface area (Å²) in [6.45, 7) is 1.92. The second-order valence-corrected chi connectivity index (χ2v) is 5.02. The molecule has 108 valence electrons. The molecule has 2 rings (SSSR count). The SMILES string of the molecule is CCCc1nc(COc2c(Cl)cc(Cl)cc2CO)no1. The lowest BCUT2D eigenvalue weighted by atomic mass is 10.2. The number of aliphatic hydroxyl groups excluding tert-OH is 1. The molecule has 0 amide bonds. The molecule has 0 saturated heterocycles. The van der Waals surface area contributed by atoms with Crippen molar-refractivity contribution in [3.8, 4) is 5.75 Å². The molecule has 1 aromatic carbocycles. The molecule has 0 fully saturated rings. The zero-order valence-electron chi connectivity index (χ0n) is 10.9. The Kier molecular flexibility index (Phi) is 5.23. The van der Waals surface area contributed by atoms with Gasteiger partial charge in [-0.15, -0.1) is 0 Å². The molecular weight excluding hydrogens is 303 g/mol. The van der Waals surface area contributed by atoms with Crippen LogP contribution in [0, 0.1) is 0 Å². The van der Waals surface area contributed by atoms with Gasteiger partial charge in [-0.2, -0.15) is 4.98 Å². The molecule has 1 aromatic heterocycles. The van der Waals surface area contributed by atoms with Crippen LogP contribution in [0.4, 0.5) is 0 Å². The maximum atomic E-state index is 9.29. The van der Waals surface area contributed by atoms with Crippen LogP contribution in [0.25, 0.3) is 0 Å². The zero-order valence-corrected chi connectivity index (χ0v) is 12.4. The van der Waals surface area contributed by atoms with Crippen LogP contribution < -0.4 is 4.74 Å². The monoisotopic (exact) mass is 316 g/mol. The Hall–Kier alpha value is -1.30. The predicted octanol–water partition coefficient (Wildman–Crippen LogP) is 3.40. The van der Waals surface area contributed by atoms with E-state index in [1.165, 1.54) is 0 Å². The number of ether oxygens (including phenoxy) is 1. The van der Waals surface area contributed by atoms with Crippen molar-refractivity contribution < 1.29 is 14.4 Å². The average Bonchev–Trinajstić information content (AvgIpc) is 2.85. The number of hydrogen-bond donors (Lipinski definition) is 1. The highest BCUT2D eigenvalue weighted by molar-refractivity contribution is 6.35. The van der Waals surface area contributed by atoms with Crippen molar-refractivity contribution in [3.63, 3.8) is 0 Å². The molecule has 0 bridgehead atoms. The summed E-state index contributed by atoms with van der Waals surface area (Å²) in [4.78, 5) is 4.18. The van der Waals surface area contributed by atoms with Crippen LogP contribution in [0.3, 0.4) is 0 Å². The van der Waals surface area contributed by atoms with E-state index in [1.54, 1.807) is 12.1 Å². The number of aliphatic hydroxyl groups is 1. The number of halogens is 2. The number of nitrogens with zero attached hydrogens (tertiary/aromatic N) is 2. The molecule has 0 radical (unpaired) electrons. The lowest BCUT2D eigenvalue weighted by Crippen LogP contribution is -2.01. The van der Waals surface area contributed by atoms with E-state index >= 15 is 0 Å². The summed E-state index contributed by atoms with van der Waals surface area (Å²) in [7, 11) is 0. The van der Waals surface area contributed by atoms with Crippen LogP contribution in [0.5, 0.6) is 5.75 Å². The van der Waals surface area contributed by atoms with Crippen LogP contribution >= 0.6 is 23.2 Å². The van der Waals surface area contributed by atoms with Crippen molar-refractivity contribution in [2.75, 3.05) is 0 Å². The van der Waals surface area contributed by atoms with Crippen molar-refractivity contribution in [1.29, 1.82) is 0 Å². The lowest BCUT2D eigenvalue weighted by Gasteiger charge is -2.10.